The van der Waals surface area contributed by atoms with Gasteiger partial charge in [0.15, 0.2) is 11.6 Å². The lowest BCUT2D eigenvalue weighted by atomic mass is 10.1. The Morgan fingerprint density at radius 3 is 2.75 bits per heavy atom. The number of anilines is 3. The first kappa shape index (κ1) is 16.2. The van der Waals surface area contributed by atoms with Gasteiger partial charge in [0, 0.05) is 11.1 Å². The molecule has 5 rings (SSSR count). The van der Waals surface area contributed by atoms with Gasteiger partial charge in [-0.2, -0.15) is 0 Å². The number of nitrogens with two attached hydrogens (primary N) is 1. The molecule has 136 valence electrons. The van der Waals surface area contributed by atoms with E-state index in [2.05, 4.69) is 31.3 Å². The minimum Gasteiger partial charge on any atom is -0.393 e. The molecule has 28 heavy (non-hydrogen) atoms. The van der Waals surface area contributed by atoms with Crippen molar-refractivity contribution in [3.63, 3.8) is 0 Å². The molecule has 0 bridgehead atoms. The average Bonchev–Trinajstić information content (AvgIpc) is 3.14. The molecule has 5 aromatic rings. The molecule has 0 radical (unpaired) electrons. The van der Waals surface area contributed by atoms with Crippen LogP contribution in [0.5, 0.6) is 0 Å². The van der Waals surface area contributed by atoms with Gasteiger partial charge in [0.25, 0.3) is 0 Å². The van der Waals surface area contributed by atoms with Gasteiger partial charge in [-0.1, -0.05) is 30.3 Å². The third-order valence-electron chi connectivity index (χ3n) is 4.66. The van der Waals surface area contributed by atoms with E-state index in [9.17, 15) is 0 Å². The number of aromatic nitrogens is 5. The van der Waals surface area contributed by atoms with Crippen molar-refractivity contribution in [2.45, 2.75) is 6.92 Å². The molecule has 0 spiro atoms. The summed E-state index contributed by atoms with van der Waals surface area (Å²) in [5.41, 5.74) is 11.3. The molecular formula is C21H17N7. The van der Waals surface area contributed by atoms with Gasteiger partial charge in [0.1, 0.15) is 18.3 Å². The average molecular weight is 367 g/mol. The minimum atomic E-state index is 0.440. The Bertz CT molecular complexity index is 1320. The van der Waals surface area contributed by atoms with Gasteiger partial charge in [-0.25, -0.2) is 15.0 Å². The molecule has 0 saturated heterocycles. The molecular weight excluding hydrogens is 350 g/mol. The first-order valence-electron chi connectivity index (χ1n) is 8.87. The maximum Gasteiger partial charge on any atom is 0.167 e. The maximum atomic E-state index is 6.43. The highest BCUT2D eigenvalue weighted by atomic mass is 15.2. The molecule has 0 amide bonds. The largest absolute Gasteiger partial charge is 0.393 e. The quantitative estimate of drug-likeness (QED) is 0.500. The first-order chi connectivity index (χ1) is 13.7. The van der Waals surface area contributed by atoms with Crippen LogP contribution in [0, 0.1) is 6.92 Å². The highest BCUT2D eigenvalue weighted by Crippen LogP contribution is 2.30. The van der Waals surface area contributed by atoms with E-state index in [-0.39, 0.29) is 0 Å². The van der Waals surface area contributed by atoms with Crippen LogP contribution in [0.4, 0.5) is 17.2 Å². The summed E-state index contributed by atoms with van der Waals surface area (Å²) < 4.78 is 1.86. The molecule has 3 N–H and O–H groups in total. The standard InChI is InChI=1S/C21H17N7/c1-13-9-10-14-5-4-7-16(19(14)26-13)27-20-18(22)21(24-11-23-20)28-12-25-15-6-2-3-8-17(15)28/h2-12H,22H2,1H3,(H,23,24,27). The van der Waals surface area contributed by atoms with Crippen molar-refractivity contribution in [3.05, 3.63) is 72.9 Å². The number of aryl methyl sites for hydroxylation is 1. The van der Waals surface area contributed by atoms with Gasteiger partial charge in [0.2, 0.25) is 0 Å². The molecule has 0 saturated carbocycles. The lowest BCUT2D eigenvalue weighted by molar-refractivity contribution is 1.00. The van der Waals surface area contributed by atoms with E-state index in [4.69, 9.17) is 5.73 Å². The van der Waals surface area contributed by atoms with Crippen LogP contribution in [-0.2, 0) is 0 Å². The molecule has 0 unspecified atom stereocenters. The van der Waals surface area contributed by atoms with Gasteiger partial charge in [-0.3, -0.25) is 9.55 Å². The molecule has 7 nitrogen and oxygen atoms in total. The molecule has 2 aromatic carbocycles. The topological polar surface area (TPSA) is 94.5 Å². The zero-order valence-corrected chi connectivity index (χ0v) is 15.2. The number of nitrogens with one attached hydrogen (secondary N) is 1. The van der Waals surface area contributed by atoms with Crippen molar-refractivity contribution in [3.8, 4) is 5.82 Å². The molecule has 3 aromatic heterocycles. The number of rotatable bonds is 3. The third-order valence-corrected chi connectivity index (χ3v) is 4.66. The Balaban J connectivity index is 1.62. The van der Waals surface area contributed by atoms with Crippen LogP contribution in [0.1, 0.15) is 5.69 Å². The summed E-state index contributed by atoms with van der Waals surface area (Å²) in [5, 5.41) is 4.37. The lowest BCUT2D eigenvalue weighted by Crippen LogP contribution is -2.07. The molecule has 0 aliphatic heterocycles. The van der Waals surface area contributed by atoms with Crippen molar-refractivity contribution in [2.75, 3.05) is 11.1 Å². The number of fused-ring (bicyclic) bond motifs is 2. The summed E-state index contributed by atoms with van der Waals surface area (Å²) in [5.74, 6) is 1.11. The second-order valence-corrected chi connectivity index (χ2v) is 6.52. The smallest absolute Gasteiger partial charge is 0.167 e. The zero-order valence-electron chi connectivity index (χ0n) is 15.2. The highest BCUT2D eigenvalue weighted by molar-refractivity contribution is 5.93. The Morgan fingerprint density at radius 1 is 0.929 bits per heavy atom. The van der Waals surface area contributed by atoms with Crippen molar-refractivity contribution in [1.82, 2.24) is 24.5 Å². The number of benzene rings is 2. The predicted octanol–water partition coefficient (Wildman–Crippen LogP) is 4.00. The SMILES string of the molecule is Cc1ccc2cccc(Nc3ncnc(-n4cnc5ccccc54)c3N)c2n1. The molecule has 7 heteroatoms. The number of hydrogen-bond donors (Lipinski definition) is 2. The third kappa shape index (κ3) is 2.61. The number of nitrogens with zero attached hydrogens (tertiary/aromatic N) is 5. The minimum absolute atomic E-state index is 0.440. The summed E-state index contributed by atoms with van der Waals surface area (Å²) in [6.07, 6.45) is 3.21. The summed E-state index contributed by atoms with van der Waals surface area (Å²) in [4.78, 5) is 17.8. The maximum absolute atomic E-state index is 6.43. The molecule has 0 atom stereocenters. The van der Waals surface area contributed by atoms with Crippen LogP contribution < -0.4 is 11.1 Å². The van der Waals surface area contributed by atoms with Gasteiger partial charge in [0.05, 0.1) is 22.2 Å². The van der Waals surface area contributed by atoms with Crippen molar-refractivity contribution in [1.29, 1.82) is 0 Å². The lowest BCUT2D eigenvalue weighted by Gasteiger charge is -2.13. The van der Waals surface area contributed by atoms with Crippen LogP contribution in [0.25, 0.3) is 27.8 Å². The van der Waals surface area contributed by atoms with E-state index in [0.29, 0.717) is 17.3 Å². The van der Waals surface area contributed by atoms with E-state index in [1.54, 1.807) is 6.33 Å². The van der Waals surface area contributed by atoms with Gasteiger partial charge >= 0.3 is 0 Å². The van der Waals surface area contributed by atoms with E-state index < -0.39 is 0 Å². The van der Waals surface area contributed by atoms with Crippen LogP contribution in [0.3, 0.4) is 0 Å². The van der Waals surface area contributed by atoms with Crippen LogP contribution in [-0.4, -0.2) is 24.5 Å². The number of nitrogen functional groups attached to an aromatic ring is 1. The Kier molecular flexibility index (Phi) is 3.65. The number of pyridine rings is 1. The van der Waals surface area contributed by atoms with Gasteiger partial charge in [-0.15, -0.1) is 0 Å². The molecule has 0 fully saturated rings. The first-order valence-corrected chi connectivity index (χ1v) is 8.87. The second kappa shape index (κ2) is 6.31. The van der Waals surface area contributed by atoms with E-state index in [0.717, 1.165) is 33.3 Å². The van der Waals surface area contributed by atoms with E-state index >= 15 is 0 Å². The van der Waals surface area contributed by atoms with Crippen LogP contribution >= 0.6 is 0 Å². The summed E-state index contributed by atoms with van der Waals surface area (Å²) in [6, 6.07) is 17.8. The number of hydrogen-bond acceptors (Lipinski definition) is 6. The molecule has 0 aliphatic carbocycles. The summed E-state index contributed by atoms with van der Waals surface area (Å²) in [6.45, 7) is 1.97. The van der Waals surface area contributed by atoms with E-state index in [1.807, 2.05) is 60.0 Å². The summed E-state index contributed by atoms with van der Waals surface area (Å²) in [7, 11) is 0. The van der Waals surface area contributed by atoms with Gasteiger partial charge in [-0.05, 0) is 31.2 Å². The fourth-order valence-electron chi connectivity index (χ4n) is 3.28. The van der Waals surface area contributed by atoms with Crippen molar-refractivity contribution >= 4 is 39.1 Å². The second-order valence-electron chi connectivity index (χ2n) is 6.52. The number of imidazole rings is 1. The van der Waals surface area contributed by atoms with Crippen molar-refractivity contribution < 1.29 is 0 Å². The molecule has 0 aliphatic rings. The molecule has 3 heterocycles. The monoisotopic (exact) mass is 367 g/mol. The van der Waals surface area contributed by atoms with Crippen LogP contribution in [0.2, 0.25) is 0 Å². The predicted molar refractivity (Wildman–Crippen MR) is 111 cm³/mol. The fraction of sp³-hybridized carbons (Fsp3) is 0.0476. The summed E-state index contributed by atoms with van der Waals surface area (Å²) >= 11 is 0. The van der Waals surface area contributed by atoms with Crippen LogP contribution in [0.15, 0.2) is 67.3 Å². The van der Waals surface area contributed by atoms with Gasteiger partial charge < -0.3 is 11.1 Å². The Hall–Kier alpha value is -4.00. The van der Waals surface area contributed by atoms with Crippen molar-refractivity contribution in [2.24, 2.45) is 0 Å². The fourth-order valence-corrected chi connectivity index (χ4v) is 3.28. The highest BCUT2D eigenvalue weighted by Gasteiger charge is 2.14. The normalized spacial score (nSPS) is 11.2. The van der Waals surface area contributed by atoms with E-state index in [1.165, 1.54) is 6.33 Å². The number of para-hydroxylation sites is 3. The Labute approximate surface area is 160 Å². The Morgan fingerprint density at radius 2 is 1.82 bits per heavy atom. The zero-order chi connectivity index (χ0) is 19.1.